The summed E-state index contributed by atoms with van der Waals surface area (Å²) >= 11 is 5.84. The molecule has 0 amide bonds. The van der Waals surface area contributed by atoms with Gasteiger partial charge in [0.1, 0.15) is 45.1 Å². The second kappa shape index (κ2) is 30.0. The van der Waals surface area contributed by atoms with Gasteiger partial charge in [-0.25, -0.2) is 0 Å². The van der Waals surface area contributed by atoms with E-state index in [0.29, 0.717) is 85.7 Å². The molecule has 408 valence electrons. The van der Waals surface area contributed by atoms with E-state index >= 15 is 0 Å². The van der Waals surface area contributed by atoms with Crippen molar-refractivity contribution in [3.63, 3.8) is 0 Å². The maximum atomic E-state index is 13.0. The highest BCUT2D eigenvalue weighted by molar-refractivity contribution is 7.99. The Kier molecular flexibility index (Phi) is 25.0. The molecule has 6 rings (SSSR count). The lowest BCUT2D eigenvalue weighted by Gasteiger charge is -3.08. The van der Waals surface area contributed by atoms with Crippen LogP contribution in [0.5, 0.6) is 0 Å². The molecule has 6 fully saturated rings. The molecule has 1 unspecified atom stereocenters. The van der Waals surface area contributed by atoms with E-state index in [1.54, 1.807) is 6.92 Å². The van der Waals surface area contributed by atoms with Gasteiger partial charge >= 0.3 is 47.8 Å². The highest BCUT2D eigenvalue weighted by atomic mass is 32.2. The number of thioether (sulfide) groups is 4. The van der Waals surface area contributed by atoms with E-state index in [0.717, 1.165) is 60.7 Å². The van der Waals surface area contributed by atoms with Crippen molar-refractivity contribution in [2.45, 2.75) is 117 Å². The van der Waals surface area contributed by atoms with Crippen LogP contribution in [0.2, 0.25) is 0 Å². The van der Waals surface area contributed by atoms with Crippen molar-refractivity contribution in [1.82, 2.24) is 0 Å². The lowest BCUT2D eigenvalue weighted by Crippen LogP contribution is -3.05. The van der Waals surface area contributed by atoms with Crippen molar-refractivity contribution < 1.29 is 76.3 Å². The molecule has 72 heavy (non-hydrogen) atoms. The zero-order valence-corrected chi connectivity index (χ0v) is 46.5. The average molecular weight is 1090 g/mol. The summed E-state index contributed by atoms with van der Waals surface area (Å²) in [5.74, 6) is 5.57. The molecular weight excluding hydrogens is 1010 g/mol. The van der Waals surface area contributed by atoms with E-state index in [1.165, 1.54) is 47.0 Å². The first-order chi connectivity index (χ1) is 34.7. The van der Waals surface area contributed by atoms with Gasteiger partial charge in [0.25, 0.3) is 0 Å². The fraction of sp³-hybridized carbons (Fsp3) is 0.846. The smallest absolute Gasteiger partial charge is 0.306 e. The van der Waals surface area contributed by atoms with Crippen LogP contribution in [0.1, 0.15) is 117 Å². The van der Waals surface area contributed by atoms with Crippen molar-refractivity contribution >= 4 is 94.8 Å². The van der Waals surface area contributed by atoms with E-state index < -0.39 is 34.7 Å². The van der Waals surface area contributed by atoms with E-state index in [1.807, 2.05) is 18.8 Å². The summed E-state index contributed by atoms with van der Waals surface area (Å²) in [5, 5.41) is 0. The maximum Gasteiger partial charge on any atom is 0.306 e. The number of unbranched alkanes of at least 4 members (excludes halogenated alkanes) is 4. The molecule has 0 radical (unpaired) electrons. The first-order valence-electron chi connectivity index (χ1n) is 26.0. The van der Waals surface area contributed by atoms with Crippen LogP contribution in [-0.4, -0.2) is 148 Å². The Balaban J connectivity index is 0.949. The average Bonchev–Trinajstić information content (AvgIpc) is 3.38. The van der Waals surface area contributed by atoms with Crippen LogP contribution >= 0.6 is 47.0 Å². The van der Waals surface area contributed by atoms with Crippen molar-refractivity contribution in [2.75, 3.05) is 100 Å². The molecule has 0 heterocycles. The van der Waals surface area contributed by atoms with E-state index in [4.69, 9.17) is 37.9 Å². The minimum absolute atomic E-state index is 0.0196. The van der Waals surface area contributed by atoms with Crippen LogP contribution in [0.3, 0.4) is 0 Å². The number of rotatable bonds is 43. The number of hydrogen-bond acceptors (Lipinski definition) is 20. The van der Waals surface area contributed by atoms with Gasteiger partial charge in [0.15, 0.2) is 0 Å². The molecule has 6 saturated carbocycles. The molecule has 16 nitrogen and oxygen atoms in total. The van der Waals surface area contributed by atoms with Crippen LogP contribution in [0.4, 0.5) is 0 Å². The summed E-state index contributed by atoms with van der Waals surface area (Å²) in [6.07, 6.45) is 12.8. The van der Waals surface area contributed by atoms with Gasteiger partial charge in [-0.1, -0.05) is 13.8 Å². The normalized spacial score (nSPS) is 24.0. The van der Waals surface area contributed by atoms with Crippen LogP contribution in [-0.2, 0) is 76.3 Å². The fourth-order valence-electron chi connectivity index (χ4n) is 11.8. The fourth-order valence-corrected chi connectivity index (χ4v) is 13.8. The predicted octanol–water partition coefficient (Wildman–Crippen LogP) is 7.78. The minimum Gasteiger partial charge on any atom is -0.466 e. The molecular formula is C52H80O16S4. The summed E-state index contributed by atoms with van der Waals surface area (Å²) in [6, 6.07) is 0. The van der Waals surface area contributed by atoms with Gasteiger partial charge in [-0.15, -0.1) is 0 Å². The van der Waals surface area contributed by atoms with Gasteiger partial charge in [-0.05, 0) is 117 Å². The van der Waals surface area contributed by atoms with Gasteiger partial charge in [0.2, 0.25) is 0 Å². The number of ether oxygens (including phenoxy) is 8. The number of hydrogen-bond donors (Lipinski definition) is 0. The molecule has 6 aliphatic carbocycles. The maximum absolute atomic E-state index is 13.0. The van der Waals surface area contributed by atoms with E-state index in [2.05, 4.69) is 6.92 Å². The van der Waals surface area contributed by atoms with Crippen LogP contribution < -0.4 is 0 Å². The second-order valence-electron chi connectivity index (χ2n) is 20.3. The molecule has 6 aliphatic rings. The Labute approximate surface area is 443 Å². The van der Waals surface area contributed by atoms with Crippen LogP contribution in [0.25, 0.3) is 0 Å². The number of esters is 8. The predicted molar refractivity (Wildman–Crippen MR) is 277 cm³/mol. The van der Waals surface area contributed by atoms with Crippen molar-refractivity contribution in [1.29, 1.82) is 0 Å². The van der Waals surface area contributed by atoms with Crippen molar-refractivity contribution in [3.8, 4) is 0 Å². The number of carbonyl (C=O) groups is 8. The number of carbonyl (C=O) groups excluding carboxylic acids is 8. The van der Waals surface area contributed by atoms with Gasteiger partial charge in [0, 0.05) is 53.4 Å². The topological polar surface area (TPSA) is 210 Å². The Morgan fingerprint density at radius 2 is 0.722 bits per heavy atom. The van der Waals surface area contributed by atoms with Gasteiger partial charge < -0.3 is 37.9 Å². The quantitative estimate of drug-likeness (QED) is 0.0324. The summed E-state index contributed by atoms with van der Waals surface area (Å²) in [4.78, 5) is 100. The van der Waals surface area contributed by atoms with Crippen molar-refractivity contribution in [3.05, 3.63) is 0 Å². The Bertz CT molecular complexity index is 1720. The molecule has 0 aromatic rings. The zero-order chi connectivity index (χ0) is 52.2. The third-order valence-corrected chi connectivity index (χ3v) is 18.5. The summed E-state index contributed by atoms with van der Waals surface area (Å²) in [5.41, 5.74) is -1.36. The van der Waals surface area contributed by atoms with Crippen LogP contribution in [0.15, 0.2) is 0 Å². The summed E-state index contributed by atoms with van der Waals surface area (Å²) < 4.78 is 44.6. The molecule has 0 spiro atoms. The first-order valence-corrected chi connectivity index (χ1v) is 31.4. The lowest BCUT2D eigenvalue weighted by molar-refractivity contribution is -0.619. The molecule has 20 heteroatoms. The molecule has 0 aliphatic heterocycles. The first kappa shape index (κ1) is 60.0. The molecule has 0 aromatic carbocycles. The third kappa shape index (κ3) is 15.9. The van der Waals surface area contributed by atoms with Gasteiger partial charge in [-0.3, -0.25) is 38.4 Å². The molecule has 0 N–H and O–H groups in total. The van der Waals surface area contributed by atoms with Crippen LogP contribution in [0, 0.1) is 57.7 Å². The second-order valence-corrected chi connectivity index (χ2v) is 24.4. The Morgan fingerprint density at radius 1 is 0.389 bits per heavy atom. The third-order valence-electron chi connectivity index (χ3n) is 15.6. The Morgan fingerprint density at radius 3 is 1.08 bits per heavy atom. The molecule has 1 atom stereocenters. The molecule has 0 aromatic heterocycles. The van der Waals surface area contributed by atoms with Gasteiger partial charge in [-0.2, -0.15) is 47.0 Å². The van der Waals surface area contributed by atoms with Crippen molar-refractivity contribution in [2.24, 2.45) is 57.7 Å². The highest BCUT2D eigenvalue weighted by Gasteiger charge is 3.03. The monoisotopic (exact) mass is 1090 g/mol. The molecule has 0 bridgehead atoms. The SMILES string of the molecule is CCC(=O)OCCCCCC(=O)OCC(CC)(COC(=O)CCCCCOC(=O)CCSCCC(=O)OCC(COC(=O)CCSC)(COC(=O)CCSC)COC(=O)CCSC)CC12C3C4C5C3C1C5C42. The van der Waals surface area contributed by atoms with E-state index in [9.17, 15) is 38.4 Å². The highest BCUT2D eigenvalue weighted by Crippen LogP contribution is 3.07. The standard InChI is InChI=1S/C52H80O16S4/c1-6-35(53)61-21-12-8-10-14-36(54)63-29-50(7-2,28-52-47-44-43-45(47)49(52)46(43)48(44)52)30-64-37(55)15-11-9-13-22-62-38(56)19-26-72-27-20-42(60)68-34-51(31-65-39(57)16-23-69-3,32-66-40(58)17-24-70-4)33-67-41(59)18-25-71-5/h43-49H,6-34H2,1-5H3. The Hall–Kier alpha value is -2.84. The molecule has 0 saturated heterocycles. The largest absolute Gasteiger partial charge is 0.466 e. The summed E-state index contributed by atoms with van der Waals surface area (Å²) in [6.45, 7) is 3.74. The van der Waals surface area contributed by atoms with E-state index in [-0.39, 0.29) is 109 Å². The lowest BCUT2D eigenvalue weighted by atomic mass is 8.96. The minimum atomic E-state index is -1.32. The van der Waals surface area contributed by atoms with Gasteiger partial charge in [0.05, 0.1) is 45.3 Å². The summed E-state index contributed by atoms with van der Waals surface area (Å²) in [7, 11) is 0. The zero-order valence-electron chi connectivity index (χ0n) is 43.2.